The molecule has 1 aromatic heterocycles. The number of furan rings is 1. The molecule has 27 heavy (non-hydrogen) atoms. The molecule has 1 saturated heterocycles. The Bertz CT molecular complexity index is 758. The SMILES string of the molecule is Cc1ccc(C(CNC(=O)N(C)Cc2cccc(F)c2)N2CCOCC2)o1. The number of carbonyl (C=O) groups excluding carboxylic acids is 1. The van der Waals surface area contributed by atoms with Crippen LogP contribution in [0.2, 0.25) is 0 Å². The maximum absolute atomic E-state index is 13.3. The smallest absolute Gasteiger partial charge is 0.317 e. The average molecular weight is 375 g/mol. The van der Waals surface area contributed by atoms with Gasteiger partial charge in [0.2, 0.25) is 0 Å². The standard InChI is InChI=1S/C20H26FN3O3/c1-15-6-7-19(27-15)18(24-8-10-26-11-9-24)13-22-20(25)23(2)14-16-4-3-5-17(21)12-16/h3-7,12,18H,8-11,13-14H2,1-2H3,(H,22,25). The number of amides is 2. The fraction of sp³-hybridized carbons (Fsp3) is 0.450. The van der Waals surface area contributed by atoms with Crippen molar-refractivity contribution in [2.45, 2.75) is 19.5 Å². The van der Waals surface area contributed by atoms with Crippen LogP contribution in [0.1, 0.15) is 23.1 Å². The summed E-state index contributed by atoms with van der Waals surface area (Å²) in [4.78, 5) is 16.3. The summed E-state index contributed by atoms with van der Waals surface area (Å²) in [6.07, 6.45) is 0. The summed E-state index contributed by atoms with van der Waals surface area (Å²) < 4.78 is 24.6. The normalized spacial score (nSPS) is 16.1. The van der Waals surface area contributed by atoms with Crippen LogP contribution in [-0.2, 0) is 11.3 Å². The van der Waals surface area contributed by atoms with E-state index in [4.69, 9.17) is 9.15 Å². The number of hydrogen-bond acceptors (Lipinski definition) is 4. The Labute approximate surface area is 158 Å². The van der Waals surface area contributed by atoms with Gasteiger partial charge in [0, 0.05) is 33.2 Å². The molecule has 1 aromatic carbocycles. The zero-order valence-corrected chi connectivity index (χ0v) is 15.8. The van der Waals surface area contributed by atoms with Crippen molar-refractivity contribution in [3.05, 3.63) is 59.3 Å². The van der Waals surface area contributed by atoms with E-state index in [1.54, 1.807) is 24.1 Å². The van der Waals surface area contributed by atoms with Gasteiger partial charge in [0.15, 0.2) is 0 Å². The highest BCUT2D eigenvalue weighted by Crippen LogP contribution is 2.23. The van der Waals surface area contributed by atoms with Gasteiger partial charge < -0.3 is 19.4 Å². The Hall–Kier alpha value is -2.38. The highest BCUT2D eigenvalue weighted by Gasteiger charge is 2.26. The molecule has 0 radical (unpaired) electrons. The number of rotatable bonds is 6. The van der Waals surface area contributed by atoms with Gasteiger partial charge in [0.1, 0.15) is 17.3 Å². The van der Waals surface area contributed by atoms with E-state index in [2.05, 4.69) is 10.2 Å². The maximum Gasteiger partial charge on any atom is 0.317 e. The zero-order chi connectivity index (χ0) is 19.2. The van der Waals surface area contributed by atoms with Crippen LogP contribution in [0.4, 0.5) is 9.18 Å². The van der Waals surface area contributed by atoms with Crippen LogP contribution in [-0.4, -0.2) is 55.7 Å². The molecule has 6 nitrogen and oxygen atoms in total. The van der Waals surface area contributed by atoms with E-state index in [0.29, 0.717) is 26.3 Å². The van der Waals surface area contributed by atoms with Gasteiger partial charge in [-0.3, -0.25) is 4.90 Å². The summed E-state index contributed by atoms with van der Waals surface area (Å²) in [5, 5.41) is 2.97. The van der Waals surface area contributed by atoms with Crippen molar-refractivity contribution in [3.63, 3.8) is 0 Å². The molecule has 1 N–H and O–H groups in total. The third-order valence-corrected chi connectivity index (χ3v) is 4.68. The molecule has 2 amide bonds. The fourth-order valence-corrected chi connectivity index (χ4v) is 3.23. The first-order chi connectivity index (χ1) is 13.0. The molecular weight excluding hydrogens is 349 g/mol. The highest BCUT2D eigenvalue weighted by molar-refractivity contribution is 5.73. The zero-order valence-electron chi connectivity index (χ0n) is 15.8. The van der Waals surface area contributed by atoms with E-state index in [1.165, 1.54) is 12.1 Å². The van der Waals surface area contributed by atoms with E-state index < -0.39 is 0 Å². The minimum atomic E-state index is -0.304. The monoisotopic (exact) mass is 375 g/mol. The molecule has 1 aliphatic rings. The molecule has 1 aliphatic heterocycles. The van der Waals surface area contributed by atoms with Gasteiger partial charge in [-0.2, -0.15) is 0 Å². The summed E-state index contributed by atoms with van der Waals surface area (Å²) >= 11 is 0. The lowest BCUT2D eigenvalue weighted by atomic mass is 10.1. The predicted molar refractivity (Wildman–Crippen MR) is 99.8 cm³/mol. The number of nitrogens with one attached hydrogen (secondary N) is 1. The summed E-state index contributed by atoms with van der Waals surface area (Å²) in [6.45, 7) is 5.60. The fourth-order valence-electron chi connectivity index (χ4n) is 3.23. The number of halogens is 1. The molecule has 7 heteroatoms. The van der Waals surface area contributed by atoms with Crippen molar-refractivity contribution in [1.82, 2.24) is 15.1 Å². The van der Waals surface area contributed by atoms with Gasteiger partial charge in [-0.1, -0.05) is 12.1 Å². The minimum absolute atomic E-state index is 0.0471. The number of nitrogens with zero attached hydrogens (tertiary/aromatic N) is 2. The van der Waals surface area contributed by atoms with Crippen molar-refractivity contribution in [1.29, 1.82) is 0 Å². The van der Waals surface area contributed by atoms with Gasteiger partial charge in [-0.15, -0.1) is 0 Å². The molecule has 3 rings (SSSR count). The number of carbonyl (C=O) groups is 1. The molecule has 1 unspecified atom stereocenters. The quantitative estimate of drug-likeness (QED) is 0.843. The Morgan fingerprint density at radius 3 is 2.74 bits per heavy atom. The van der Waals surface area contributed by atoms with Crippen LogP contribution in [0.15, 0.2) is 40.8 Å². The van der Waals surface area contributed by atoms with Crippen molar-refractivity contribution in [2.24, 2.45) is 0 Å². The average Bonchev–Trinajstić information content (AvgIpc) is 3.08. The molecule has 0 spiro atoms. The molecule has 2 aromatic rings. The van der Waals surface area contributed by atoms with Gasteiger partial charge in [0.25, 0.3) is 0 Å². The highest BCUT2D eigenvalue weighted by atomic mass is 19.1. The molecule has 1 atom stereocenters. The first-order valence-electron chi connectivity index (χ1n) is 9.14. The van der Waals surface area contributed by atoms with Gasteiger partial charge >= 0.3 is 6.03 Å². The van der Waals surface area contributed by atoms with Crippen molar-refractivity contribution in [2.75, 3.05) is 39.9 Å². The Morgan fingerprint density at radius 1 is 1.30 bits per heavy atom. The lowest BCUT2D eigenvalue weighted by molar-refractivity contribution is 0.0119. The minimum Gasteiger partial charge on any atom is -0.465 e. The second-order valence-electron chi connectivity index (χ2n) is 6.78. The first kappa shape index (κ1) is 19.4. The topological polar surface area (TPSA) is 58.0 Å². The lowest BCUT2D eigenvalue weighted by Gasteiger charge is -2.33. The van der Waals surface area contributed by atoms with Crippen LogP contribution in [0.3, 0.4) is 0 Å². The second-order valence-corrected chi connectivity index (χ2v) is 6.78. The number of hydrogen-bond donors (Lipinski definition) is 1. The summed E-state index contributed by atoms with van der Waals surface area (Å²) in [6, 6.07) is 9.90. The van der Waals surface area contributed by atoms with Crippen LogP contribution in [0.25, 0.3) is 0 Å². The molecule has 2 heterocycles. The third-order valence-electron chi connectivity index (χ3n) is 4.68. The number of urea groups is 1. The summed E-state index contributed by atoms with van der Waals surface area (Å²) in [5.74, 6) is 1.38. The molecule has 146 valence electrons. The van der Waals surface area contributed by atoms with Gasteiger partial charge in [-0.05, 0) is 36.8 Å². The van der Waals surface area contributed by atoms with Gasteiger partial charge in [0.05, 0.1) is 19.3 Å². The van der Waals surface area contributed by atoms with Crippen molar-refractivity contribution in [3.8, 4) is 0 Å². The van der Waals surface area contributed by atoms with Crippen LogP contribution in [0.5, 0.6) is 0 Å². The molecule has 0 saturated carbocycles. The predicted octanol–water partition coefficient (Wildman–Crippen LogP) is 2.94. The maximum atomic E-state index is 13.3. The number of aryl methyl sites for hydroxylation is 1. The molecule has 1 fully saturated rings. The Balaban J connectivity index is 1.61. The lowest BCUT2D eigenvalue weighted by Crippen LogP contribution is -2.45. The van der Waals surface area contributed by atoms with Crippen molar-refractivity contribution >= 4 is 6.03 Å². The van der Waals surface area contributed by atoms with E-state index >= 15 is 0 Å². The Morgan fingerprint density at radius 2 is 2.07 bits per heavy atom. The first-order valence-corrected chi connectivity index (χ1v) is 9.14. The number of morpholine rings is 1. The summed E-state index contributed by atoms with van der Waals surface area (Å²) in [7, 11) is 1.70. The van der Waals surface area contributed by atoms with E-state index in [-0.39, 0.29) is 17.9 Å². The largest absolute Gasteiger partial charge is 0.465 e. The van der Waals surface area contributed by atoms with E-state index in [9.17, 15) is 9.18 Å². The Kier molecular flexibility index (Phi) is 6.47. The molecule has 0 bridgehead atoms. The molecule has 0 aliphatic carbocycles. The van der Waals surface area contributed by atoms with Crippen LogP contribution < -0.4 is 5.32 Å². The molecular formula is C20H26FN3O3. The van der Waals surface area contributed by atoms with Crippen LogP contribution >= 0.6 is 0 Å². The van der Waals surface area contributed by atoms with Gasteiger partial charge in [-0.25, -0.2) is 9.18 Å². The second kappa shape index (κ2) is 9.01. The third kappa shape index (κ3) is 5.30. The van der Waals surface area contributed by atoms with E-state index in [0.717, 1.165) is 30.2 Å². The summed E-state index contributed by atoms with van der Waals surface area (Å²) in [5.41, 5.74) is 0.749. The van der Waals surface area contributed by atoms with Crippen LogP contribution in [0, 0.1) is 12.7 Å². The number of benzene rings is 1. The van der Waals surface area contributed by atoms with Crippen molar-refractivity contribution < 1.29 is 18.3 Å². The van der Waals surface area contributed by atoms with E-state index in [1.807, 2.05) is 19.1 Å². The number of ether oxygens (including phenoxy) is 1.